The highest BCUT2D eigenvalue weighted by molar-refractivity contribution is 7.14. The highest BCUT2D eigenvalue weighted by atomic mass is 32.1. The number of nitrogens with zero attached hydrogens (tertiary/aromatic N) is 1. The SMILES string of the molecule is COc1ccc(-c2csc(NC(=O)C[C@H]3C[C@H]4CC[C@@H]3C4)n2)cc1. The van der Waals surface area contributed by atoms with Crippen LogP contribution in [0, 0.1) is 17.8 Å². The molecule has 0 unspecified atom stereocenters. The number of rotatable bonds is 5. The third-order valence-corrected chi connectivity index (χ3v) is 6.23. The predicted octanol–water partition coefficient (Wildman–Crippen LogP) is 4.58. The van der Waals surface area contributed by atoms with Gasteiger partial charge in [-0.25, -0.2) is 4.98 Å². The second kappa shape index (κ2) is 6.55. The van der Waals surface area contributed by atoms with Crippen molar-refractivity contribution in [3.8, 4) is 17.0 Å². The molecule has 0 radical (unpaired) electrons. The van der Waals surface area contributed by atoms with Gasteiger partial charge in [-0.3, -0.25) is 4.79 Å². The predicted molar refractivity (Wildman–Crippen MR) is 96.3 cm³/mol. The molecule has 1 aromatic carbocycles. The topological polar surface area (TPSA) is 51.2 Å². The maximum Gasteiger partial charge on any atom is 0.226 e. The molecule has 5 heteroatoms. The van der Waals surface area contributed by atoms with Crippen molar-refractivity contribution in [1.82, 2.24) is 4.98 Å². The van der Waals surface area contributed by atoms with Crippen molar-refractivity contribution in [1.29, 1.82) is 0 Å². The Labute approximate surface area is 146 Å². The van der Waals surface area contributed by atoms with Gasteiger partial charge in [0, 0.05) is 17.4 Å². The highest BCUT2D eigenvalue weighted by Crippen LogP contribution is 2.49. The van der Waals surface area contributed by atoms with Crippen LogP contribution in [-0.2, 0) is 4.79 Å². The summed E-state index contributed by atoms with van der Waals surface area (Å²) in [6.07, 6.45) is 5.93. The lowest BCUT2D eigenvalue weighted by atomic mass is 9.86. The normalized spacial score (nSPS) is 25.0. The number of thiazole rings is 1. The van der Waals surface area contributed by atoms with Crippen LogP contribution in [-0.4, -0.2) is 18.0 Å². The summed E-state index contributed by atoms with van der Waals surface area (Å²) < 4.78 is 5.17. The smallest absolute Gasteiger partial charge is 0.226 e. The molecule has 0 saturated heterocycles. The first-order valence-electron chi connectivity index (χ1n) is 8.61. The van der Waals surface area contributed by atoms with Gasteiger partial charge in [0.05, 0.1) is 12.8 Å². The molecular formula is C19H22N2O2S. The van der Waals surface area contributed by atoms with Gasteiger partial charge in [-0.15, -0.1) is 11.3 Å². The van der Waals surface area contributed by atoms with Crippen LogP contribution in [0.1, 0.15) is 32.1 Å². The van der Waals surface area contributed by atoms with Gasteiger partial charge >= 0.3 is 0 Å². The highest BCUT2D eigenvalue weighted by Gasteiger charge is 2.40. The molecule has 4 nitrogen and oxygen atoms in total. The molecule has 2 aliphatic carbocycles. The van der Waals surface area contributed by atoms with Crippen molar-refractivity contribution in [2.45, 2.75) is 32.1 Å². The van der Waals surface area contributed by atoms with Crippen LogP contribution >= 0.6 is 11.3 Å². The average Bonchev–Trinajstić information content (AvgIpc) is 3.32. The minimum atomic E-state index is 0.114. The first-order chi connectivity index (χ1) is 11.7. The lowest BCUT2D eigenvalue weighted by Crippen LogP contribution is -2.20. The van der Waals surface area contributed by atoms with Crippen LogP contribution in [0.3, 0.4) is 0 Å². The van der Waals surface area contributed by atoms with Crippen LogP contribution < -0.4 is 10.1 Å². The Bertz CT molecular complexity index is 725. The molecule has 3 atom stereocenters. The van der Waals surface area contributed by atoms with E-state index in [1.54, 1.807) is 7.11 Å². The number of methoxy groups -OCH3 is 1. The van der Waals surface area contributed by atoms with Crippen LogP contribution in [0.25, 0.3) is 11.3 Å². The number of carbonyl (C=O) groups is 1. The molecule has 1 N–H and O–H groups in total. The van der Waals surface area contributed by atoms with Crippen molar-refractivity contribution in [2.75, 3.05) is 12.4 Å². The fourth-order valence-corrected chi connectivity index (χ4v) is 5.00. The summed E-state index contributed by atoms with van der Waals surface area (Å²) in [6, 6.07) is 7.80. The first kappa shape index (κ1) is 15.6. The fourth-order valence-electron chi connectivity index (χ4n) is 4.26. The van der Waals surface area contributed by atoms with Crippen molar-refractivity contribution in [3.05, 3.63) is 29.6 Å². The maximum absolute atomic E-state index is 12.3. The Morgan fingerprint density at radius 1 is 1.29 bits per heavy atom. The van der Waals surface area contributed by atoms with Crippen LogP contribution in [0.15, 0.2) is 29.6 Å². The number of hydrogen-bond donors (Lipinski definition) is 1. The first-order valence-corrected chi connectivity index (χ1v) is 9.49. The summed E-state index contributed by atoms with van der Waals surface area (Å²) >= 11 is 1.48. The van der Waals surface area contributed by atoms with E-state index in [9.17, 15) is 4.79 Å². The largest absolute Gasteiger partial charge is 0.497 e. The maximum atomic E-state index is 12.3. The molecule has 2 bridgehead atoms. The number of carbonyl (C=O) groups excluding carboxylic acids is 1. The summed E-state index contributed by atoms with van der Waals surface area (Å²) in [4.78, 5) is 16.9. The third kappa shape index (κ3) is 3.18. The minimum absolute atomic E-state index is 0.114. The Morgan fingerprint density at radius 2 is 2.12 bits per heavy atom. The van der Waals surface area contributed by atoms with Crippen molar-refractivity contribution in [2.24, 2.45) is 17.8 Å². The van der Waals surface area contributed by atoms with E-state index in [4.69, 9.17) is 4.74 Å². The molecule has 2 fully saturated rings. The summed E-state index contributed by atoms with van der Waals surface area (Å²) in [6.45, 7) is 0. The van der Waals surface area contributed by atoms with Crippen molar-refractivity contribution in [3.63, 3.8) is 0 Å². The molecule has 2 aliphatic rings. The van der Waals surface area contributed by atoms with Crippen molar-refractivity contribution >= 4 is 22.4 Å². The Balaban J connectivity index is 1.36. The minimum Gasteiger partial charge on any atom is -0.497 e. The zero-order valence-corrected chi connectivity index (χ0v) is 14.6. The quantitative estimate of drug-likeness (QED) is 0.865. The van der Waals surface area contributed by atoms with Gasteiger partial charge in [0.2, 0.25) is 5.91 Å². The lowest BCUT2D eigenvalue weighted by molar-refractivity contribution is -0.117. The number of fused-ring (bicyclic) bond motifs is 2. The van der Waals surface area contributed by atoms with E-state index in [1.807, 2.05) is 29.6 Å². The summed E-state index contributed by atoms with van der Waals surface area (Å²) in [5, 5.41) is 5.65. The molecule has 4 rings (SSSR count). The Kier molecular flexibility index (Phi) is 4.27. The van der Waals surface area contributed by atoms with E-state index in [0.29, 0.717) is 17.5 Å². The second-order valence-corrected chi connectivity index (χ2v) is 7.81. The molecule has 1 amide bonds. The number of benzene rings is 1. The van der Waals surface area contributed by atoms with E-state index in [0.717, 1.165) is 28.8 Å². The third-order valence-electron chi connectivity index (χ3n) is 5.47. The van der Waals surface area contributed by atoms with E-state index < -0.39 is 0 Å². The van der Waals surface area contributed by atoms with E-state index in [2.05, 4.69) is 10.3 Å². The van der Waals surface area contributed by atoms with E-state index >= 15 is 0 Å². The molecular weight excluding hydrogens is 320 g/mol. The van der Waals surface area contributed by atoms with Gasteiger partial charge in [-0.2, -0.15) is 0 Å². The average molecular weight is 342 g/mol. The van der Waals surface area contributed by atoms with Crippen LogP contribution in [0.2, 0.25) is 0 Å². The van der Waals surface area contributed by atoms with Gasteiger partial charge in [0.1, 0.15) is 5.75 Å². The lowest BCUT2D eigenvalue weighted by Gasteiger charge is -2.20. The second-order valence-electron chi connectivity index (χ2n) is 6.95. The molecule has 2 aromatic rings. The summed E-state index contributed by atoms with van der Waals surface area (Å²) in [5.74, 6) is 3.20. The van der Waals surface area contributed by atoms with Crippen LogP contribution in [0.4, 0.5) is 5.13 Å². The van der Waals surface area contributed by atoms with Gasteiger partial charge < -0.3 is 10.1 Å². The standard InChI is InChI=1S/C19H22N2O2S/c1-23-16-6-4-13(5-7-16)17-11-24-19(20-17)21-18(22)10-15-9-12-2-3-14(15)8-12/h4-7,11-12,14-15H,2-3,8-10H2,1H3,(H,20,21,22)/t12-,14+,15+/m0/s1. The fraction of sp³-hybridized carbons (Fsp3) is 0.474. The number of ether oxygens (including phenoxy) is 1. The molecule has 24 heavy (non-hydrogen) atoms. The number of hydrogen-bond acceptors (Lipinski definition) is 4. The van der Waals surface area contributed by atoms with Gasteiger partial charge in [-0.1, -0.05) is 6.42 Å². The van der Waals surface area contributed by atoms with Gasteiger partial charge in [-0.05, 0) is 61.3 Å². The molecule has 126 valence electrons. The van der Waals surface area contributed by atoms with E-state index in [-0.39, 0.29) is 5.91 Å². The molecule has 0 aliphatic heterocycles. The number of anilines is 1. The Hall–Kier alpha value is -1.88. The Morgan fingerprint density at radius 3 is 2.79 bits per heavy atom. The van der Waals surface area contributed by atoms with Crippen molar-refractivity contribution < 1.29 is 9.53 Å². The molecule has 1 heterocycles. The zero-order chi connectivity index (χ0) is 16.5. The molecule has 1 aromatic heterocycles. The number of nitrogens with one attached hydrogen (secondary N) is 1. The zero-order valence-electron chi connectivity index (χ0n) is 13.8. The number of amides is 1. The summed E-state index contributed by atoms with van der Waals surface area (Å²) in [7, 11) is 1.65. The molecule has 2 saturated carbocycles. The molecule has 0 spiro atoms. The van der Waals surface area contributed by atoms with Gasteiger partial charge in [0.15, 0.2) is 5.13 Å². The summed E-state index contributed by atoms with van der Waals surface area (Å²) in [5.41, 5.74) is 1.92. The number of aromatic nitrogens is 1. The van der Waals surface area contributed by atoms with Gasteiger partial charge in [0.25, 0.3) is 0 Å². The van der Waals surface area contributed by atoms with E-state index in [1.165, 1.54) is 37.0 Å². The monoisotopic (exact) mass is 342 g/mol. The van der Waals surface area contributed by atoms with Crippen LogP contribution in [0.5, 0.6) is 5.75 Å².